The predicted octanol–water partition coefficient (Wildman–Crippen LogP) is 1.16. The maximum Gasteiger partial charge on any atom is 0.268 e. The highest BCUT2D eigenvalue weighted by atomic mass is 32.2. The Morgan fingerprint density at radius 2 is 1.97 bits per heavy atom. The molecular weight excluding hydrogens is 486 g/mol. The van der Waals surface area contributed by atoms with Gasteiger partial charge in [0.25, 0.3) is 5.91 Å². The van der Waals surface area contributed by atoms with Gasteiger partial charge in [0, 0.05) is 43.5 Å². The Hall–Kier alpha value is -3.84. The van der Waals surface area contributed by atoms with Gasteiger partial charge in [0.15, 0.2) is 0 Å². The lowest BCUT2D eigenvalue weighted by Crippen LogP contribution is -2.38. The van der Waals surface area contributed by atoms with Crippen LogP contribution in [-0.4, -0.2) is 59.6 Å². The van der Waals surface area contributed by atoms with Crippen LogP contribution in [-0.2, 0) is 26.6 Å². The van der Waals surface area contributed by atoms with Gasteiger partial charge in [-0.3, -0.25) is 19.1 Å². The number of aromatic nitrogens is 3. The van der Waals surface area contributed by atoms with Crippen LogP contribution in [0.2, 0.25) is 0 Å². The minimum Gasteiger partial charge on any atom is -0.471 e. The lowest BCUT2D eigenvalue weighted by atomic mass is 10.0. The number of sulfonamides is 1. The Bertz CT molecular complexity index is 1460. The van der Waals surface area contributed by atoms with Gasteiger partial charge in [0.1, 0.15) is 17.8 Å². The maximum atomic E-state index is 12.5. The van der Waals surface area contributed by atoms with E-state index in [0.29, 0.717) is 37.2 Å². The zero-order chi connectivity index (χ0) is 25.6. The number of aliphatic hydroxyl groups excluding tert-OH is 1. The van der Waals surface area contributed by atoms with Crippen molar-refractivity contribution in [3.63, 3.8) is 0 Å². The summed E-state index contributed by atoms with van der Waals surface area (Å²) in [7, 11) is -1.71. The van der Waals surface area contributed by atoms with Gasteiger partial charge < -0.3 is 20.5 Å². The molecule has 2 aromatic heterocycles. The number of nitrogens with two attached hydrogens (primary N) is 1. The molecule has 0 saturated carbocycles. The van der Waals surface area contributed by atoms with Crippen LogP contribution in [0, 0.1) is 0 Å². The Balaban J connectivity index is 1.64. The molecule has 12 nitrogen and oxygen atoms in total. The number of nitrogens with zero attached hydrogens (tertiary/aromatic N) is 5. The molecule has 1 fully saturated rings. The van der Waals surface area contributed by atoms with Gasteiger partial charge >= 0.3 is 0 Å². The molecule has 1 unspecified atom stereocenters. The summed E-state index contributed by atoms with van der Waals surface area (Å²) in [5.41, 5.74) is 8.74. The number of fused-ring (bicyclic) bond motifs is 1. The summed E-state index contributed by atoms with van der Waals surface area (Å²) < 4.78 is 33.5. The van der Waals surface area contributed by atoms with Crippen LogP contribution in [0.1, 0.15) is 24.6 Å². The molecule has 3 aromatic rings. The number of rotatable bonds is 6. The van der Waals surface area contributed by atoms with Gasteiger partial charge in [-0.2, -0.15) is 5.10 Å². The first kappa shape index (κ1) is 23.9. The van der Waals surface area contributed by atoms with Gasteiger partial charge in [-0.15, -0.1) is 0 Å². The quantitative estimate of drug-likeness (QED) is 0.440. The molecule has 13 heteroatoms. The van der Waals surface area contributed by atoms with Crippen LogP contribution in [0.25, 0.3) is 10.9 Å². The van der Waals surface area contributed by atoms with Gasteiger partial charge in [-0.05, 0) is 37.1 Å². The Labute approximate surface area is 208 Å². The van der Waals surface area contributed by atoms with E-state index in [0.717, 1.165) is 22.8 Å². The van der Waals surface area contributed by atoms with Crippen LogP contribution in [0.3, 0.4) is 0 Å². The first-order valence-electron chi connectivity index (χ1n) is 11.4. The van der Waals surface area contributed by atoms with Crippen molar-refractivity contribution in [2.24, 2.45) is 12.8 Å². The zero-order valence-corrected chi connectivity index (χ0v) is 20.6. The Kier molecular flexibility index (Phi) is 5.96. The lowest BCUT2D eigenvalue weighted by Gasteiger charge is -2.36. The SMILES string of the molecule is Cn1cc2cc(N3C(C(N)=O)=COC3c3ccnc(NS(C)(=O)=O)c3)c(N3CCC(O)CC3)cc2n1. The van der Waals surface area contributed by atoms with Gasteiger partial charge in [-0.25, -0.2) is 13.4 Å². The van der Waals surface area contributed by atoms with Crippen molar-refractivity contribution in [1.82, 2.24) is 14.8 Å². The smallest absolute Gasteiger partial charge is 0.268 e. The number of hydrogen-bond donors (Lipinski definition) is 3. The third kappa shape index (κ3) is 4.66. The number of hydrogen-bond acceptors (Lipinski definition) is 9. The average molecular weight is 514 g/mol. The number of anilines is 3. The molecule has 190 valence electrons. The largest absolute Gasteiger partial charge is 0.471 e. The molecule has 36 heavy (non-hydrogen) atoms. The highest BCUT2D eigenvalue weighted by molar-refractivity contribution is 7.92. The first-order valence-corrected chi connectivity index (χ1v) is 13.3. The van der Waals surface area contributed by atoms with E-state index in [2.05, 4.69) is 19.7 Å². The van der Waals surface area contributed by atoms with Crippen molar-refractivity contribution in [3.8, 4) is 0 Å². The first-order chi connectivity index (χ1) is 17.1. The summed E-state index contributed by atoms with van der Waals surface area (Å²) in [4.78, 5) is 20.4. The predicted molar refractivity (Wildman–Crippen MR) is 134 cm³/mol. The summed E-state index contributed by atoms with van der Waals surface area (Å²) in [6, 6.07) is 7.12. The summed E-state index contributed by atoms with van der Waals surface area (Å²) >= 11 is 0. The third-order valence-corrected chi connectivity index (χ3v) is 6.77. The van der Waals surface area contributed by atoms with Crippen molar-refractivity contribution in [2.45, 2.75) is 25.2 Å². The van der Waals surface area contributed by atoms with E-state index < -0.39 is 22.2 Å². The molecular formula is C23H27N7O5S. The topological polar surface area (TPSA) is 156 Å². The number of carbonyl (C=O) groups excluding carboxylic acids is 1. The van der Waals surface area contributed by atoms with Gasteiger partial charge in [0.05, 0.1) is 29.3 Å². The fraction of sp³-hybridized carbons (Fsp3) is 0.348. The van der Waals surface area contributed by atoms with Crippen molar-refractivity contribution in [3.05, 3.63) is 54.2 Å². The van der Waals surface area contributed by atoms with Crippen LogP contribution < -0.4 is 20.3 Å². The highest BCUT2D eigenvalue weighted by Gasteiger charge is 2.36. The number of aliphatic hydroxyl groups is 1. The fourth-order valence-corrected chi connectivity index (χ4v) is 5.10. The molecule has 0 spiro atoms. The number of amides is 1. The molecule has 0 bridgehead atoms. The number of primary amides is 1. The van der Waals surface area contributed by atoms with Crippen molar-refractivity contribution in [2.75, 3.05) is 33.9 Å². The number of ether oxygens (including phenoxy) is 1. The lowest BCUT2D eigenvalue weighted by molar-refractivity contribution is -0.114. The molecule has 1 amide bonds. The molecule has 4 heterocycles. The van der Waals surface area contributed by atoms with Crippen molar-refractivity contribution in [1.29, 1.82) is 0 Å². The Morgan fingerprint density at radius 1 is 1.22 bits per heavy atom. The van der Waals surface area contributed by atoms with E-state index in [1.54, 1.807) is 21.7 Å². The van der Waals surface area contributed by atoms with Crippen LogP contribution in [0.5, 0.6) is 0 Å². The van der Waals surface area contributed by atoms with E-state index in [1.165, 1.54) is 12.5 Å². The maximum absolute atomic E-state index is 12.5. The summed E-state index contributed by atoms with van der Waals surface area (Å²) in [5, 5.41) is 15.4. The molecule has 1 saturated heterocycles. The molecule has 2 aliphatic rings. The van der Waals surface area contributed by atoms with E-state index in [4.69, 9.17) is 10.5 Å². The van der Waals surface area contributed by atoms with Crippen LogP contribution in [0.4, 0.5) is 17.2 Å². The number of pyridine rings is 1. The second-order valence-electron chi connectivity index (χ2n) is 9.00. The summed E-state index contributed by atoms with van der Waals surface area (Å²) in [5.74, 6) is -0.550. The molecule has 0 radical (unpaired) electrons. The molecule has 2 aliphatic heterocycles. The number of aryl methyl sites for hydroxylation is 1. The normalized spacial score (nSPS) is 18.9. The summed E-state index contributed by atoms with van der Waals surface area (Å²) in [6.07, 6.45) is 5.76. The number of piperidine rings is 1. The molecule has 1 aromatic carbocycles. The molecule has 5 rings (SSSR count). The molecule has 1 atom stereocenters. The van der Waals surface area contributed by atoms with E-state index in [-0.39, 0.29) is 17.6 Å². The third-order valence-electron chi connectivity index (χ3n) is 6.19. The fourth-order valence-electron chi connectivity index (χ4n) is 4.60. The standard InChI is InChI=1S/C23H27N7O5S/c1-28-12-15-9-19(18(11-17(15)26-28)29-7-4-16(31)5-8-29)30-20(22(24)32)13-35-23(30)14-3-6-25-21(10-14)27-36(2,33)34/h3,6,9-13,16,23,31H,4-5,7-8H2,1-2H3,(H2,24,32)(H,25,27). The van der Waals surface area contributed by atoms with E-state index >= 15 is 0 Å². The Morgan fingerprint density at radius 3 is 2.67 bits per heavy atom. The minimum absolute atomic E-state index is 0.124. The number of benzene rings is 1. The monoisotopic (exact) mass is 513 g/mol. The average Bonchev–Trinajstić information content (AvgIpc) is 3.40. The second kappa shape index (κ2) is 8.99. The molecule has 0 aliphatic carbocycles. The summed E-state index contributed by atoms with van der Waals surface area (Å²) in [6.45, 7) is 1.25. The van der Waals surface area contributed by atoms with E-state index in [9.17, 15) is 18.3 Å². The number of carbonyl (C=O) groups is 1. The second-order valence-corrected chi connectivity index (χ2v) is 10.7. The van der Waals surface area contributed by atoms with Crippen molar-refractivity contribution >= 4 is 44.0 Å². The minimum atomic E-state index is -3.55. The number of nitrogens with one attached hydrogen (secondary N) is 1. The van der Waals surface area contributed by atoms with Crippen molar-refractivity contribution < 1.29 is 23.1 Å². The highest BCUT2D eigenvalue weighted by Crippen LogP contribution is 2.44. The van der Waals surface area contributed by atoms with Gasteiger partial charge in [0.2, 0.25) is 16.3 Å². The van der Waals surface area contributed by atoms with Gasteiger partial charge in [-0.1, -0.05) is 0 Å². The van der Waals surface area contributed by atoms with E-state index in [1.807, 2.05) is 25.4 Å². The van der Waals surface area contributed by atoms with Crippen LogP contribution in [0.15, 0.2) is 48.6 Å². The zero-order valence-electron chi connectivity index (χ0n) is 19.8. The molecule has 4 N–H and O–H groups in total. The van der Waals surface area contributed by atoms with Crippen LogP contribution >= 0.6 is 0 Å².